The summed E-state index contributed by atoms with van der Waals surface area (Å²) in [6.07, 6.45) is 2.30. The maximum atomic E-state index is 6.46. The molecule has 2 fully saturated rings. The van der Waals surface area contributed by atoms with E-state index in [-0.39, 0.29) is 12.2 Å². The fourth-order valence-corrected chi connectivity index (χ4v) is 3.87. The second-order valence-electron chi connectivity index (χ2n) is 7.72. The lowest BCUT2D eigenvalue weighted by Crippen LogP contribution is -2.41. The Hall–Kier alpha value is -2.04. The minimum atomic E-state index is 0.179. The summed E-state index contributed by atoms with van der Waals surface area (Å²) in [5, 5.41) is 0. The molecule has 0 radical (unpaired) electrons. The van der Waals surface area contributed by atoms with Gasteiger partial charge in [-0.25, -0.2) is 0 Å². The van der Waals surface area contributed by atoms with Gasteiger partial charge in [0.25, 0.3) is 0 Å². The van der Waals surface area contributed by atoms with E-state index in [4.69, 9.17) is 18.9 Å². The van der Waals surface area contributed by atoms with Gasteiger partial charge in [-0.1, -0.05) is 50.2 Å². The van der Waals surface area contributed by atoms with E-state index in [1.54, 1.807) is 0 Å². The first kappa shape index (κ1) is 19.3. The zero-order chi connectivity index (χ0) is 19.3. The van der Waals surface area contributed by atoms with Gasteiger partial charge < -0.3 is 18.9 Å². The van der Waals surface area contributed by atoms with Crippen molar-refractivity contribution in [2.75, 3.05) is 26.4 Å². The van der Waals surface area contributed by atoms with Crippen LogP contribution in [0.2, 0.25) is 0 Å². The lowest BCUT2D eigenvalue weighted by atomic mass is 9.97. The van der Waals surface area contributed by atoms with Crippen molar-refractivity contribution in [1.82, 2.24) is 0 Å². The summed E-state index contributed by atoms with van der Waals surface area (Å²) < 4.78 is 23.7. The zero-order valence-electron chi connectivity index (χ0n) is 16.8. The largest absolute Gasteiger partial charge is 0.489 e. The molecule has 2 aromatic rings. The first-order valence-electron chi connectivity index (χ1n) is 10.5. The van der Waals surface area contributed by atoms with Gasteiger partial charge in [0.2, 0.25) is 0 Å². The van der Waals surface area contributed by atoms with Crippen molar-refractivity contribution >= 4 is 0 Å². The maximum Gasteiger partial charge on any atom is 0.127 e. The van der Waals surface area contributed by atoms with Crippen LogP contribution in [-0.2, 0) is 9.47 Å². The average Bonchev–Trinajstić information content (AvgIpc) is 2.65. The van der Waals surface area contributed by atoms with Crippen LogP contribution in [0.3, 0.4) is 0 Å². The molecule has 28 heavy (non-hydrogen) atoms. The molecule has 4 rings (SSSR count). The first-order valence-corrected chi connectivity index (χ1v) is 10.5. The molecule has 2 saturated heterocycles. The Labute approximate surface area is 167 Å². The van der Waals surface area contributed by atoms with Gasteiger partial charge in [0, 0.05) is 23.0 Å². The van der Waals surface area contributed by atoms with Crippen molar-refractivity contribution in [2.45, 2.75) is 38.9 Å². The third kappa shape index (κ3) is 4.03. The molecule has 0 bridgehead atoms. The molecular weight excluding hydrogens is 352 g/mol. The Balaban J connectivity index is 1.60. The molecule has 4 nitrogen and oxygen atoms in total. The third-order valence-corrected chi connectivity index (χ3v) is 5.80. The van der Waals surface area contributed by atoms with E-state index in [1.807, 2.05) is 12.1 Å². The highest BCUT2D eigenvalue weighted by atomic mass is 16.5. The molecule has 0 N–H and O–H groups in total. The van der Waals surface area contributed by atoms with Crippen LogP contribution in [0.4, 0.5) is 0 Å². The molecule has 0 spiro atoms. The predicted octanol–water partition coefficient (Wildman–Crippen LogP) is 4.96. The lowest BCUT2D eigenvalue weighted by Gasteiger charge is -2.34. The highest BCUT2D eigenvalue weighted by Gasteiger charge is 2.31. The van der Waals surface area contributed by atoms with E-state index in [0.29, 0.717) is 11.8 Å². The molecule has 0 saturated carbocycles. The summed E-state index contributed by atoms with van der Waals surface area (Å²) in [5.41, 5.74) is 2.16. The smallest absolute Gasteiger partial charge is 0.127 e. The van der Waals surface area contributed by atoms with E-state index >= 15 is 0 Å². The van der Waals surface area contributed by atoms with Gasteiger partial charge in [0.05, 0.1) is 26.4 Å². The summed E-state index contributed by atoms with van der Waals surface area (Å²) in [6.45, 7) is 7.53. The molecule has 0 amide bonds. The Morgan fingerprint density at radius 1 is 0.714 bits per heavy atom. The second kappa shape index (κ2) is 8.97. The Morgan fingerprint density at radius 3 is 1.43 bits per heavy atom. The molecular formula is C24H30O4. The van der Waals surface area contributed by atoms with Gasteiger partial charge in [-0.2, -0.15) is 0 Å². The summed E-state index contributed by atoms with van der Waals surface area (Å²) in [4.78, 5) is 0. The second-order valence-corrected chi connectivity index (χ2v) is 7.72. The van der Waals surface area contributed by atoms with Gasteiger partial charge in [0.15, 0.2) is 0 Å². The number of rotatable bonds is 9. The van der Waals surface area contributed by atoms with Gasteiger partial charge in [0.1, 0.15) is 23.7 Å². The number of para-hydroxylation sites is 2. The number of hydrogen-bond acceptors (Lipinski definition) is 4. The summed E-state index contributed by atoms with van der Waals surface area (Å²) >= 11 is 0. The normalized spacial score (nSPS) is 19.4. The average molecular weight is 383 g/mol. The molecule has 2 heterocycles. The van der Waals surface area contributed by atoms with Crippen molar-refractivity contribution in [3.63, 3.8) is 0 Å². The molecule has 2 unspecified atom stereocenters. The monoisotopic (exact) mass is 382 g/mol. The minimum absolute atomic E-state index is 0.179. The number of ether oxygens (including phenoxy) is 4. The minimum Gasteiger partial charge on any atom is -0.489 e. The molecule has 150 valence electrons. The van der Waals surface area contributed by atoms with Crippen molar-refractivity contribution in [2.24, 2.45) is 11.8 Å². The van der Waals surface area contributed by atoms with E-state index in [0.717, 1.165) is 61.9 Å². The van der Waals surface area contributed by atoms with E-state index in [1.165, 1.54) is 0 Å². The number of hydrogen-bond donors (Lipinski definition) is 0. The molecule has 2 aromatic carbocycles. The van der Waals surface area contributed by atoms with Gasteiger partial charge in [-0.05, 0) is 25.0 Å². The summed E-state index contributed by atoms with van der Waals surface area (Å²) in [7, 11) is 0. The van der Waals surface area contributed by atoms with Crippen molar-refractivity contribution in [1.29, 1.82) is 0 Å². The van der Waals surface area contributed by atoms with Crippen molar-refractivity contribution < 1.29 is 18.9 Å². The SMILES string of the molecule is CCC(Oc1ccccc1-c1ccccc1OC(CC)C1COC1)C1COC1. The van der Waals surface area contributed by atoms with Crippen LogP contribution in [-0.4, -0.2) is 38.6 Å². The first-order chi connectivity index (χ1) is 13.8. The molecule has 4 heteroatoms. The Kier molecular flexibility index (Phi) is 6.18. The van der Waals surface area contributed by atoms with Gasteiger partial charge >= 0.3 is 0 Å². The lowest BCUT2D eigenvalue weighted by molar-refractivity contribution is -0.0839. The summed E-state index contributed by atoms with van der Waals surface area (Å²) in [5.74, 6) is 2.79. The quantitative estimate of drug-likeness (QED) is 0.614. The Bertz CT molecular complexity index is 701. The molecule has 0 aromatic heterocycles. The van der Waals surface area contributed by atoms with E-state index in [9.17, 15) is 0 Å². The van der Waals surface area contributed by atoms with Crippen LogP contribution >= 0.6 is 0 Å². The third-order valence-electron chi connectivity index (χ3n) is 5.80. The fraction of sp³-hybridized carbons (Fsp3) is 0.500. The highest BCUT2D eigenvalue weighted by molar-refractivity contribution is 5.75. The highest BCUT2D eigenvalue weighted by Crippen LogP contribution is 2.39. The van der Waals surface area contributed by atoms with E-state index in [2.05, 4.69) is 50.2 Å². The standard InChI is InChI=1S/C24H30O4/c1-3-21(17-13-25-14-17)27-23-11-7-5-9-19(23)20-10-6-8-12-24(20)28-22(4-2)18-15-26-16-18/h5-12,17-18,21-22H,3-4,13-16H2,1-2H3. The van der Waals surface area contributed by atoms with Crippen LogP contribution in [0.5, 0.6) is 11.5 Å². The van der Waals surface area contributed by atoms with Crippen LogP contribution in [0.1, 0.15) is 26.7 Å². The van der Waals surface area contributed by atoms with E-state index < -0.39 is 0 Å². The van der Waals surface area contributed by atoms with Crippen LogP contribution < -0.4 is 9.47 Å². The Morgan fingerprint density at radius 2 is 1.11 bits per heavy atom. The fourth-order valence-electron chi connectivity index (χ4n) is 3.87. The van der Waals surface area contributed by atoms with Crippen LogP contribution in [0.15, 0.2) is 48.5 Å². The van der Waals surface area contributed by atoms with Crippen molar-refractivity contribution in [3.8, 4) is 22.6 Å². The molecule has 2 atom stereocenters. The number of benzene rings is 2. The maximum absolute atomic E-state index is 6.46. The van der Waals surface area contributed by atoms with Gasteiger partial charge in [-0.3, -0.25) is 0 Å². The predicted molar refractivity (Wildman–Crippen MR) is 110 cm³/mol. The van der Waals surface area contributed by atoms with Crippen LogP contribution in [0.25, 0.3) is 11.1 Å². The molecule has 2 aliphatic rings. The van der Waals surface area contributed by atoms with Gasteiger partial charge in [-0.15, -0.1) is 0 Å². The molecule has 0 aliphatic carbocycles. The van der Waals surface area contributed by atoms with Crippen molar-refractivity contribution in [3.05, 3.63) is 48.5 Å². The zero-order valence-corrected chi connectivity index (χ0v) is 16.8. The summed E-state index contributed by atoms with van der Waals surface area (Å²) in [6, 6.07) is 16.5. The molecule has 2 aliphatic heterocycles. The van der Waals surface area contributed by atoms with Crippen LogP contribution in [0, 0.1) is 11.8 Å². The topological polar surface area (TPSA) is 36.9 Å².